The van der Waals surface area contributed by atoms with E-state index in [1.807, 2.05) is 18.2 Å². The van der Waals surface area contributed by atoms with Crippen LogP contribution in [0.25, 0.3) is 0 Å². The molecule has 1 aliphatic carbocycles. The third-order valence-corrected chi connectivity index (χ3v) is 4.75. The van der Waals surface area contributed by atoms with E-state index in [-0.39, 0.29) is 0 Å². The molecule has 1 heterocycles. The van der Waals surface area contributed by atoms with Gasteiger partial charge in [0.1, 0.15) is 0 Å². The molecule has 0 amide bonds. The third kappa shape index (κ3) is 3.19. The fraction of sp³-hybridized carbons (Fsp3) is 0.438. The summed E-state index contributed by atoms with van der Waals surface area (Å²) in [4.78, 5) is 8.03. The first-order valence-corrected chi connectivity index (χ1v) is 8.18. The predicted molar refractivity (Wildman–Crippen MR) is 88.9 cm³/mol. The predicted octanol–water partition coefficient (Wildman–Crippen LogP) is 5.82. The average molecular weight is 324 g/mol. The Balaban J connectivity index is 1.84. The van der Waals surface area contributed by atoms with Gasteiger partial charge in [-0.1, -0.05) is 48.5 Å². The number of nitrogens with one attached hydrogen (secondary N) is 2. The van der Waals surface area contributed by atoms with Crippen molar-refractivity contribution in [2.75, 3.05) is 5.32 Å². The molecular formula is C16H19Cl2N3. The highest BCUT2D eigenvalue weighted by Gasteiger charge is 2.21. The van der Waals surface area contributed by atoms with Crippen LogP contribution in [-0.2, 0) is 0 Å². The SMILES string of the molecule is Cc1[nH]c(Nc2c(Cl)cccc2Cl)nc1C1CCCCC1. The minimum absolute atomic E-state index is 0.576. The molecule has 0 saturated heterocycles. The van der Waals surface area contributed by atoms with Gasteiger partial charge in [0.2, 0.25) is 5.95 Å². The zero-order valence-electron chi connectivity index (χ0n) is 12.0. The largest absolute Gasteiger partial charge is 0.328 e. The van der Waals surface area contributed by atoms with Crippen molar-refractivity contribution < 1.29 is 0 Å². The van der Waals surface area contributed by atoms with Crippen molar-refractivity contribution in [2.45, 2.75) is 44.9 Å². The van der Waals surface area contributed by atoms with E-state index in [1.54, 1.807) is 0 Å². The van der Waals surface area contributed by atoms with Gasteiger partial charge in [-0.05, 0) is 31.9 Å². The van der Waals surface area contributed by atoms with E-state index in [0.717, 1.165) is 5.69 Å². The summed E-state index contributed by atoms with van der Waals surface area (Å²) < 4.78 is 0. The summed E-state index contributed by atoms with van der Waals surface area (Å²) in [5.41, 5.74) is 3.01. The topological polar surface area (TPSA) is 40.7 Å². The molecule has 112 valence electrons. The van der Waals surface area contributed by atoms with Crippen molar-refractivity contribution in [1.82, 2.24) is 9.97 Å². The third-order valence-electron chi connectivity index (χ3n) is 4.12. The first kappa shape index (κ1) is 14.7. The Bertz CT molecular complexity index is 610. The molecule has 1 aromatic heterocycles. The molecular weight excluding hydrogens is 305 g/mol. The number of H-pyrrole nitrogens is 1. The molecule has 1 aliphatic rings. The standard InChI is InChI=1S/C16H19Cl2N3/c1-10-14(11-6-3-2-4-7-11)20-16(19-10)21-15-12(17)8-5-9-13(15)18/h5,8-9,11H,2-4,6-7H2,1H3,(H2,19,20,21). The Morgan fingerprint density at radius 1 is 1.14 bits per heavy atom. The molecule has 3 rings (SSSR count). The number of nitrogens with zero attached hydrogens (tertiary/aromatic N) is 1. The fourth-order valence-corrected chi connectivity index (χ4v) is 3.53. The van der Waals surface area contributed by atoms with Gasteiger partial charge in [-0.3, -0.25) is 0 Å². The van der Waals surface area contributed by atoms with Gasteiger partial charge < -0.3 is 10.3 Å². The monoisotopic (exact) mass is 323 g/mol. The summed E-state index contributed by atoms with van der Waals surface area (Å²) in [6, 6.07) is 5.46. The summed E-state index contributed by atoms with van der Waals surface area (Å²) in [6.45, 7) is 2.08. The van der Waals surface area contributed by atoms with Crippen molar-refractivity contribution in [1.29, 1.82) is 0 Å². The number of aryl methyl sites for hydroxylation is 1. The van der Waals surface area contributed by atoms with Crippen molar-refractivity contribution in [3.63, 3.8) is 0 Å². The highest BCUT2D eigenvalue weighted by molar-refractivity contribution is 6.39. The lowest BCUT2D eigenvalue weighted by Crippen LogP contribution is -2.06. The highest BCUT2D eigenvalue weighted by atomic mass is 35.5. The minimum Gasteiger partial charge on any atom is -0.328 e. The van der Waals surface area contributed by atoms with Gasteiger partial charge in [-0.15, -0.1) is 0 Å². The first-order chi connectivity index (χ1) is 10.1. The van der Waals surface area contributed by atoms with E-state index in [1.165, 1.54) is 37.8 Å². The minimum atomic E-state index is 0.576. The maximum Gasteiger partial charge on any atom is 0.205 e. The summed E-state index contributed by atoms with van der Waals surface area (Å²) in [5.74, 6) is 1.29. The second-order valence-corrected chi connectivity index (χ2v) is 6.47. The summed E-state index contributed by atoms with van der Waals surface area (Å²) in [5, 5.41) is 4.40. The van der Waals surface area contributed by atoms with E-state index >= 15 is 0 Å². The molecule has 2 N–H and O–H groups in total. The number of aromatic nitrogens is 2. The Labute approximate surface area is 135 Å². The van der Waals surface area contributed by atoms with Crippen molar-refractivity contribution in [3.05, 3.63) is 39.6 Å². The Morgan fingerprint density at radius 3 is 2.48 bits per heavy atom. The average Bonchev–Trinajstić information content (AvgIpc) is 2.85. The highest BCUT2D eigenvalue weighted by Crippen LogP contribution is 2.35. The summed E-state index contributed by atoms with van der Waals surface area (Å²) in [6.07, 6.45) is 6.42. The number of imidazole rings is 1. The van der Waals surface area contributed by atoms with Crippen molar-refractivity contribution in [2.24, 2.45) is 0 Å². The molecule has 1 saturated carbocycles. The zero-order chi connectivity index (χ0) is 14.8. The van der Waals surface area contributed by atoms with Crippen LogP contribution >= 0.6 is 23.2 Å². The number of anilines is 2. The van der Waals surface area contributed by atoms with Crippen molar-refractivity contribution in [3.8, 4) is 0 Å². The van der Waals surface area contributed by atoms with Crippen LogP contribution in [0.15, 0.2) is 18.2 Å². The molecule has 5 heteroatoms. The van der Waals surface area contributed by atoms with Crippen LogP contribution in [0.4, 0.5) is 11.6 Å². The van der Waals surface area contributed by atoms with Crippen LogP contribution < -0.4 is 5.32 Å². The lowest BCUT2D eigenvalue weighted by Gasteiger charge is -2.20. The molecule has 0 unspecified atom stereocenters. The number of para-hydroxylation sites is 1. The fourth-order valence-electron chi connectivity index (χ4n) is 3.04. The van der Waals surface area contributed by atoms with Gasteiger partial charge in [0, 0.05) is 11.6 Å². The molecule has 21 heavy (non-hydrogen) atoms. The van der Waals surface area contributed by atoms with Gasteiger partial charge in [0.15, 0.2) is 0 Å². The molecule has 2 aromatic rings. The van der Waals surface area contributed by atoms with Crippen LogP contribution in [0.2, 0.25) is 10.0 Å². The lowest BCUT2D eigenvalue weighted by molar-refractivity contribution is 0.436. The number of benzene rings is 1. The molecule has 0 radical (unpaired) electrons. The molecule has 0 spiro atoms. The molecule has 0 atom stereocenters. The maximum absolute atomic E-state index is 6.19. The van der Waals surface area contributed by atoms with Gasteiger partial charge in [-0.25, -0.2) is 4.98 Å². The van der Waals surface area contributed by atoms with Crippen LogP contribution in [0.3, 0.4) is 0 Å². The number of hydrogen-bond donors (Lipinski definition) is 2. The van der Waals surface area contributed by atoms with E-state index in [9.17, 15) is 0 Å². The molecule has 0 aliphatic heterocycles. The van der Waals surface area contributed by atoms with Crippen LogP contribution in [-0.4, -0.2) is 9.97 Å². The van der Waals surface area contributed by atoms with E-state index in [4.69, 9.17) is 28.2 Å². The number of halogens is 2. The second-order valence-electron chi connectivity index (χ2n) is 5.65. The molecule has 3 nitrogen and oxygen atoms in total. The van der Waals surface area contributed by atoms with Crippen LogP contribution in [0.5, 0.6) is 0 Å². The Kier molecular flexibility index (Phi) is 4.41. The van der Waals surface area contributed by atoms with Gasteiger partial charge in [0.05, 0.1) is 21.4 Å². The smallest absolute Gasteiger partial charge is 0.205 e. The van der Waals surface area contributed by atoms with Crippen LogP contribution in [0.1, 0.15) is 49.4 Å². The van der Waals surface area contributed by atoms with Crippen LogP contribution in [0, 0.1) is 6.92 Å². The summed E-state index contributed by atoms with van der Waals surface area (Å²) in [7, 11) is 0. The quantitative estimate of drug-likeness (QED) is 0.747. The number of rotatable bonds is 3. The van der Waals surface area contributed by atoms with E-state index in [0.29, 0.717) is 27.6 Å². The normalized spacial score (nSPS) is 16.1. The first-order valence-electron chi connectivity index (χ1n) is 7.42. The lowest BCUT2D eigenvalue weighted by atomic mass is 9.86. The Morgan fingerprint density at radius 2 is 1.81 bits per heavy atom. The van der Waals surface area contributed by atoms with Gasteiger partial charge in [0.25, 0.3) is 0 Å². The van der Waals surface area contributed by atoms with E-state index < -0.39 is 0 Å². The molecule has 0 bridgehead atoms. The van der Waals surface area contributed by atoms with Gasteiger partial charge >= 0.3 is 0 Å². The number of hydrogen-bond acceptors (Lipinski definition) is 2. The zero-order valence-corrected chi connectivity index (χ0v) is 13.6. The Hall–Kier alpha value is -1.19. The molecule has 1 fully saturated rings. The maximum atomic E-state index is 6.19. The molecule has 1 aromatic carbocycles. The second kappa shape index (κ2) is 6.29. The van der Waals surface area contributed by atoms with E-state index in [2.05, 4.69) is 17.2 Å². The van der Waals surface area contributed by atoms with Gasteiger partial charge in [-0.2, -0.15) is 0 Å². The van der Waals surface area contributed by atoms with Crippen molar-refractivity contribution >= 4 is 34.8 Å². The number of aromatic amines is 1. The summed E-state index contributed by atoms with van der Waals surface area (Å²) >= 11 is 12.4.